The molecule has 2 amide bonds. The van der Waals surface area contributed by atoms with Crippen LogP contribution < -0.4 is 10.1 Å². The molecule has 6 nitrogen and oxygen atoms in total. The fourth-order valence-corrected chi connectivity index (χ4v) is 2.74. The van der Waals surface area contributed by atoms with Gasteiger partial charge in [-0.25, -0.2) is 4.98 Å². The number of nitrogens with zero attached hydrogens (tertiary/aromatic N) is 2. The first-order valence-electron chi connectivity index (χ1n) is 7.86. The quantitative estimate of drug-likeness (QED) is 0.760. The summed E-state index contributed by atoms with van der Waals surface area (Å²) in [6.45, 7) is 3.68. The van der Waals surface area contributed by atoms with Crippen LogP contribution in [0.25, 0.3) is 0 Å². The smallest absolute Gasteiger partial charge is 0.261 e. The Morgan fingerprint density at radius 1 is 1.36 bits per heavy atom. The Morgan fingerprint density at radius 2 is 2.08 bits per heavy atom. The summed E-state index contributed by atoms with van der Waals surface area (Å²) in [4.78, 5) is 30.2. The van der Waals surface area contributed by atoms with Gasteiger partial charge < -0.3 is 15.0 Å². The summed E-state index contributed by atoms with van der Waals surface area (Å²) in [5, 5.41) is 5.57. The average Bonchev–Trinajstić information content (AvgIpc) is 3.11. The van der Waals surface area contributed by atoms with E-state index in [4.69, 9.17) is 16.3 Å². The third kappa shape index (κ3) is 6.03. The molecule has 0 spiro atoms. The maximum absolute atomic E-state index is 12.5. The van der Waals surface area contributed by atoms with Gasteiger partial charge in [-0.1, -0.05) is 18.5 Å². The standard InChI is InChI=1S/C17H20ClN3O3S/c1-3-12(2)21(10-15(22)20-17-19-8-9-25-17)16(23)11-24-14-6-4-13(18)5-7-14/h4-9,12H,3,10-11H2,1-2H3,(H,19,20,22). The Hall–Kier alpha value is -2.12. The number of hydrogen-bond acceptors (Lipinski definition) is 5. The van der Waals surface area contributed by atoms with E-state index in [1.54, 1.807) is 35.8 Å². The van der Waals surface area contributed by atoms with Gasteiger partial charge in [-0.05, 0) is 37.6 Å². The highest BCUT2D eigenvalue weighted by Gasteiger charge is 2.22. The molecule has 0 aliphatic carbocycles. The topological polar surface area (TPSA) is 71.5 Å². The first-order chi connectivity index (χ1) is 12.0. The zero-order valence-electron chi connectivity index (χ0n) is 14.1. The fraction of sp³-hybridized carbons (Fsp3) is 0.353. The third-order valence-corrected chi connectivity index (χ3v) is 4.55. The first kappa shape index (κ1) is 19.2. The lowest BCUT2D eigenvalue weighted by Gasteiger charge is -2.27. The van der Waals surface area contributed by atoms with Crippen molar-refractivity contribution in [3.63, 3.8) is 0 Å². The lowest BCUT2D eigenvalue weighted by atomic mass is 10.2. The molecule has 0 saturated heterocycles. The van der Waals surface area contributed by atoms with E-state index in [0.29, 0.717) is 15.9 Å². The number of halogens is 1. The highest BCUT2D eigenvalue weighted by molar-refractivity contribution is 7.13. The van der Waals surface area contributed by atoms with Gasteiger partial charge in [0.2, 0.25) is 5.91 Å². The van der Waals surface area contributed by atoms with Crippen molar-refractivity contribution in [3.05, 3.63) is 40.9 Å². The lowest BCUT2D eigenvalue weighted by Crippen LogP contribution is -2.45. The molecule has 134 valence electrons. The van der Waals surface area contributed by atoms with Crippen LogP contribution in [0.4, 0.5) is 5.13 Å². The van der Waals surface area contributed by atoms with E-state index in [9.17, 15) is 9.59 Å². The first-order valence-corrected chi connectivity index (χ1v) is 9.12. The van der Waals surface area contributed by atoms with Crippen molar-refractivity contribution in [2.45, 2.75) is 26.3 Å². The van der Waals surface area contributed by atoms with E-state index >= 15 is 0 Å². The van der Waals surface area contributed by atoms with Crippen LogP contribution in [0.1, 0.15) is 20.3 Å². The molecule has 0 fully saturated rings. The van der Waals surface area contributed by atoms with Gasteiger partial charge in [-0.15, -0.1) is 11.3 Å². The van der Waals surface area contributed by atoms with Crippen LogP contribution in [0, 0.1) is 0 Å². The number of ether oxygens (including phenoxy) is 1. The van der Waals surface area contributed by atoms with Gasteiger partial charge in [0.25, 0.3) is 5.91 Å². The van der Waals surface area contributed by atoms with Gasteiger partial charge in [0.1, 0.15) is 12.3 Å². The van der Waals surface area contributed by atoms with Gasteiger partial charge in [-0.3, -0.25) is 9.59 Å². The van der Waals surface area contributed by atoms with E-state index in [-0.39, 0.29) is 31.0 Å². The van der Waals surface area contributed by atoms with E-state index < -0.39 is 0 Å². The van der Waals surface area contributed by atoms with E-state index in [2.05, 4.69) is 10.3 Å². The number of carbonyl (C=O) groups excluding carboxylic acids is 2. The summed E-state index contributed by atoms with van der Waals surface area (Å²) in [7, 11) is 0. The molecule has 2 rings (SSSR count). The predicted octanol–water partition coefficient (Wildman–Crippen LogP) is 3.44. The van der Waals surface area contributed by atoms with Crippen molar-refractivity contribution in [2.24, 2.45) is 0 Å². The van der Waals surface area contributed by atoms with Gasteiger partial charge in [0.15, 0.2) is 11.7 Å². The Morgan fingerprint density at radius 3 is 2.68 bits per heavy atom. The minimum atomic E-state index is -0.282. The maximum Gasteiger partial charge on any atom is 0.261 e. The molecule has 1 atom stereocenters. The number of hydrogen-bond donors (Lipinski definition) is 1. The van der Waals surface area contributed by atoms with Crippen LogP contribution in [0.15, 0.2) is 35.8 Å². The molecule has 0 radical (unpaired) electrons. The summed E-state index contributed by atoms with van der Waals surface area (Å²) in [5.74, 6) is 0.0165. The highest BCUT2D eigenvalue weighted by Crippen LogP contribution is 2.16. The van der Waals surface area contributed by atoms with Crippen molar-refractivity contribution in [2.75, 3.05) is 18.5 Å². The summed E-state index contributed by atoms with van der Waals surface area (Å²) < 4.78 is 5.49. The number of benzene rings is 1. The monoisotopic (exact) mass is 381 g/mol. The van der Waals surface area contributed by atoms with Crippen molar-refractivity contribution >= 4 is 39.9 Å². The molecule has 0 aliphatic heterocycles. The molecule has 8 heteroatoms. The van der Waals surface area contributed by atoms with Crippen LogP contribution in [0.2, 0.25) is 5.02 Å². The highest BCUT2D eigenvalue weighted by atomic mass is 35.5. The summed E-state index contributed by atoms with van der Waals surface area (Å²) in [6.07, 6.45) is 2.34. The van der Waals surface area contributed by atoms with E-state index in [1.807, 2.05) is 13.8 Å². The van der Waals surface area contributed by atoms with E-state index in [0.717, 1.165) is 6.42 Å². The summed E-state index contributed by atoms with van der Waals surface area (Å²) in [6, 6.07) is 6.68. The molecule has 0 aliphatic rings. The minimum Gasteiger partial charge on any atom is -0.484 e. The van der Waals surface area contributed by atoms with Crippen LogP contribution in [-0.4, -0.2) is 40.9 Å². The molecule has 25 heavy (non-hydrogen) atoms. The van der Waals surface area contributed by atoms with Crippen LogP contribution >= 0.6 is 22.9 Å². The molecule has 2 aromatic rings. The van der Waals surface area contributed by atoms with Crippen molar-refractivity contribution in [1.29, 1.82) is 0 Å². The molecular weight excluding hydrogens is 362 g/mol. The minimum absolute atomic E-state index is 0.0442. The van der Waals surface area contributed by atoms with Crippen molar-refractivity contribution in [1.82, 2.24) is 9.88 Å². The van der Waals surface area contributed by atoms with E-state index in [1.165, 1.54) is 16.2 Å². The normalized spacial score (nSPS) is 11.6. The second-order valence-corrected chi connectivity index (χ2v) is 6.74. The summed E-state index contributed by atoms with van der Waals surface area (Å²) >= 11 is 7.15. The summed E-state index contributed by atoms with van der Waals surface area (Å²) in [5.41, 5.74) is 0. The second-order valence-electron chi connectivity index (χ2n) is 5.41. The molecule has 1 aromatic heterocycles. The molecule has 1 unspecified atom stereocenters. The second kappa shape index (κ2) is 9.39. The number of rotatable bonds is 8. The van der Waals surface area contributed by atoms with Crippen LogP contribution in [0.5, 0.6) is 5.75 Å². The molecule has 1 N–H and O–H groups in total. The molecular formula is C17H20ClN3O3S. The van der Waals surface area contributed by atoms with Gasteiger partial charge >= 0.3 is 0 Å². The maximum atomic E-state index is 12.5. The zero-order chi connectivity index (χ0) is 18.2. The van der Waals surface area contributed by atoms with Crippen molar-refractivity contribution in [3.8, 4) is 5.75 Å². The Labute approximate surface area is 155 Å². The Balaban J connectivity index is 1.94. The average molecular weight is 382 g/mol. The molecule has 0 bridgehead atoms. The van der Waals surface area contributed by atoms with Crippen LogP contribution in [-0.2, 0) is 9.59 Å². The number of amides is 2. The largest absolute Gasteiger partial charge is 0.484 e. The molecule has 0 saturated carbocycles. The predicted molar refractivity (Wildman–Crippen MR) is 99.2 cm³/mol. The Kier molecular flexibility index (Phi) is 7.21. The third-order valence-electron chi connectivity index (χ3n) is 3.61. The number of nitrogens with one attached hydrogen (secondary N) is 1. The van der Waals surface area contributed by atoms with Gasteiger partial charge in [0, 0.05) is 22.6 Å². The van der Waals surface area contributed by atoms with Gasteiger partial charge in [-0.2, -0.15) is 0 Å². The number of aromatic nitrogens is 1. The zero-order valence-corrected chi connectivity index (χ0v) is 15.6. The molecule has 1 heterocycles. The molecule has 1 aromatic carbocycles. The number of thiazole rings is 1. The Bertz CT molecular complexity index is 692. The fourth-order valence-electron chi connectivity index (χ4n) is 2.07. The lowest BCUT2D eigenvalue weighted by molar-refractivity contribution is -0.138. The van der Waals surface area contributed by atoms with Gasteiger partial charge in [0.05, 0.1) is 0 Å². The van der Waals surface area contributed by atoms with Crippen LogP contribution in [0.3, 0.4) is 0 Å². The van der Waals surface area contributed by atoms with Crippen molar-refractivity contribution < 1.29 is 14.3 Å². The number of anilines is 1. The number of carbonyl (C=O) groups is 2. The SMILES string of the molecule is CCC(C)N(CC(=O)Nc1nccs1)C(=O)COc1ccc(Cl)cc1.